The number of thioether (sulfide) groups is 1. The molecule has 1 spiro atoms. The minimum atomic E-state index is 0.560. The Bertz CT molecular complexity index is 291. The highest BCUT2D eigenvalue weighted by Crippen LogP contribution is 2.59. The Morgan fingerprint density at radius 2 is 1.94 bits per heavy atom. The minimum Gasteiger partial charge on any atom is -0.370 e. The predicted octanol–water partition coefficient (Wildman–Crippen LogP) is 1.68. The Kier molecular flexibility index (Phi) is 2.78. The maximum atomic E-state index is 6.11. The average Bonchev–Trinajstić information content (AvgIpc) is 2.74. The molecule has 0 bridgehead atoms. The van der Waals surface area contributed by atoms with E-state index in [2.05, 4.69) is 4.90 Å². The average molecular weight is 239 g/mol. The molecule has 0 radical (unpaired) electrons. The second-order valence-electron chi connectivity index (χ2n) is 5.38. The zero-order valence-electron chi connectivity index (χ0n) is 9.82. The van der Waals surface area contributed by atoms with Crippen LogP contribution in [0.4, 0.5) is 0 Å². The second kappa shape index (κ2) is 4.13. The zero-order chi connectivity index (χ0) is 11.0. The fourth-order valence-electron chi connectivity index (χ4n) is 3.16. The summed E-state index contributed by atoms with van der Waals surface area (Å²) in [5.74, 6) is 3.21. The summed E-state index contributed by atoms with van der Waals surface area (Å²) in [5.41, 5.74) is 6.70. The van der Waals surface area contributed by atoms with E-state index >= 15 is 0 Å². The summed E-state index contributed by atoms with van der Waals surface area (Å²) in [6.07, 6.45) is 6.91. The molecule has 4 heteroatoms. The Morgan fingerprint density at radius 3 is 2.62 bits per heavy atom. The van der Waals surface area contributed by atoms with Gasteiger partial charge in [0.1, 0.15) is 0 Å². The van der Waals surface area contributed by atoms with Gasteiger partial charge in [-0.25, -0.2) is 4.99 Å². The van der Waals surface area contributed by atoms with Crippen molar-refractivity contribution in [2.24, 2.45) is 16.1 Å². The number of hydrogen-bond donors (Lipinski definition) is 1. The van der Waals surface area contributed by atoms with Crippen LogP contribution < -0.4 is 5.73 Å². The highest BCUT2D eigenvalue weighted by Gasteiger charge is 2.55. The molecule has 0 amide bonds. The first-order valence-electron chi connectivity index (χ1n) is 6.46. The van der Waals surface area contributed by atoms with Gasteiger partial charge in [0, 0.05) is 24.6 Å². The van der Waals surface area contributed by atoms with Gasteiger partial charge in [0.05, 0.1) is 6.04 Å². The largest absolute Gasteiger partial charge is 0.370 e. The lowest BCUT2D eigenvalue weighted by Gasteiger charge is -2.27. The van der Waals surface area contributed by atoms with Crippen LogP contribution in [-0.2, 0) is 0 Å². The van der Waals surface area contributed by atoms with Crippen LogP contribution >= 0.6 is 11.8 Å². The molecular weight excluding hydrogens is 218 g/mol. The SMILES string of the molecule is NC(=NC1CC12CCCC2)N1CCSCC1. The molecule has 1 heterocycles. The monoisotopic (exact) mass is 239 g/mol. The third-order valence-electron chi connectivity index (χ3n) is 4.37. The number of guanidine groups is 1. The van der Waals surface area contributed by atoms with Crippen LogP contribution in [-0.4, -0.2) is 41.5 Å². The molecule has 3 fully saturated rings. The maximum absolute atomic E-state index is 6.11. The molecule has 16 heavy (non-hydrogen) atoms. The van der Waals surface area contributed by atoms with Gasteiger partial charge in [-0.15, -0.1) is 0 Å². The summed E-state index contributed by atoms with van der Waals surface area (Å²) >= 11 is 2.02. The van der Waals surface area contributed by atoms with Gasteiger partial charge in [0.2, 0.25) is 0 Å². The quantitative estimate of drug-likeness (QED) is 0.559. The molecule has 2 N–H and O–H groups in total. The van der Waals surface area contributed by atoms with Gasteiger partial charge < -0.3 is 10.6 Å². The molecule has 1 aliphatic heterocycles. The van der Waals surface area contributed by atoms with Gasteiger partial charge in [-0.3, -0.25) is 0 Å². The molecular formula is C12H21N3S. The van der Waals surface area contributed by atoms with E-state index in [4.69, 9.17) is 10.7 Å². The van der Waals surface area contributed by atoms with Crippen molar-refractivity contribution in [3.63, 3.8) is 0 Å². The smallest absolute Gasteiger partial charge is 0.191 e. The molecule has 3 rings (SSSR count). The second-order valence-corrected chi connectivity index (χ2v) is 6.60. The minimum absolute atomic E-state index is 0.560. The molecule has 3 aliphatic rings. The summed E-state index contributed by atoms with van der Waals surface area (Å²) in [7, 11) is 0. The van der Waals surface area contributed by atoms with Gasteiger partial charge >= 0.3 is 0 Å². The van der Waals surface area contributed by atoms with Crippen molar-refractivity contribution in [3.05, 3.63) is 0 Å². The Labute approximate surface area is 102 Å². The van der Waals surface area contributed by atoms with Gasteiger partial charge in [0.25, 0.3) is 0 Å². The highest BCUT2D eigenvalue weighted by molar-refractivity contribution is 7.99. The van der Waals surface area contributed by atoms with E-state index in [0.717, 1.165) is 19.0 Å². The predicted molar refractivity (Wildman–Crippen MR) is 69.8 cm³/mol. The van der Waals surface area contributed by atoms with Crippen LogP contribution in [0, 0.1) is 5.41 Å². The number of hydrogen-bond acceptors (Lipinski definition) is 2. The Morgan fingerprint density at radius 1 is 1.25 bits per heavy atom. The highest BCUT2D eigenvalue weighted by atomic mass is 32.2. The summed E-state index contributed by atoms with van der Waals surface area (Å²) < 4.78 is 0. The van der Waals surface area contributed by atoms with E-state index in [0.29, 0.717) is 11.5 Å². The van der Waals surface area contributed by atoms with E-state index in [9.17, 15) is 0 Å². The van der Waals surface area contributed by atoms with Gasteiger partial charge in [-0.05, 0) is 24.7 Å². The van der Waals surface area contributed by atoms with Crippen molar-refractivity contribution in [2.45, 2.75) is 38.1 Å². The van der Waals surface area contributed by atoms with Crippen molar-refractivity contribution in [3.8, 4) is 0 Å². The fraction of sp³-hybridized carbons (Fsp3) is 0.917. The van der Waals surface area contributed by atoms with E-state index in [1.54, 1.807) is 0 Å². The normalized spacial score (nSPS) is 33.4. The number of rotatable bonds is 1. The summed E-state index contributed by atoms with van der Waals surface area (Å²) in [5, 5.41) is 0. The molecule has 1 saturated heterocycles. The van der Waals surface area contributed by atoms with Gasteiger partial charge in [-0.2, -0.15) is 11.8 Å². The van der Waals surface area contributed by atoms with Gasteiger partial charge in [-0.1, -0.05) is 12.8 Å². The van der Waals surface area contributed by atoms with Crippen LogP contribution in [0.2, 0.25) is 0 Å². The van der Waals surface area contributed by atoms with E-state index in [1.165, 1.54) is 43.6 Å². The summed E-state index contributed by atoms with van der Waals surface area (Å²) in [4.78, 5) is 7.02. The van der Waals surface area contributed by atoms with E-state index < -0.39 is 0 Å². The molecule has 3 nitrogen and oxygen atoms in total. The van der Waals surface area contributed by atoms with Crippen molar-refractivity contribution in [1.29, 1.82) is 0 Å². The zero-order valence-corrected chi connectivity index (χ0v) is 10.6. The first-order chi connectivity index (χ1) is 7.80. The number of aliphatic imine (C=N–C) groups is 1. The summed E-state index contributed by atoms with van der Waals surface area (Å²) in [6.45, 7) is 2.17. The van der Waals surface area contributed by atoms with Crippen LogP contribution in [0.5, 0.6) is 0 Å². The van der Waals surface area contributed by atoms with Gasteiger partial charge in [0.15, 0.2) is 5.96 Å². The third kappa shape index (κ3) is 1.92. The molecule has 0 aromatic carbocycles. The van der Waals surface area contributed by atoms with Crippen LogP contribution in [0.1, 0.15) is 32.1 Å². The number of nitrogens with two attached hydrogens (primary N) is 1. The lowest BCUT2D eigenvalue weighted by atomic mass is 10.1. The van der Waals surface area contributed by atoms with E-state index in [-0.39, 0.29) is 0 Å². The van der Waals surface area contributed by atoms with E-state index in [1.807, 2.05) is 11.8 Å². The molecule has 0 aromatic heterocycles. The topological polar surface area (TPSA) is 41.6 Å². The van der Waals surface area contributed by atoms with Crippen molar-refractivity contribution < 1.29 is 0 Å². The molecule has 2 aliphatic carbocycles. The first-order valence-corrected chi connectivity index (χ1v) is 7.62. The fourth-order valence-corrected chi connectivity index (χ4v) is 4.06. The summed E-state index contributed by atoms with van der Waals surface area (Å²) in [6, 6.07) is 0.560. The maximum Gasteiger partial charge on any atom is 0.191 e. The van der Waals surface area contributed by atoms with Crippen molar-refractivity contribution >= 4 is 17.7 Å². The lowest BCUT2D eigenvalue weighted by molar-refractivity contribution is 0.450. The van der Waals surface area contributed by atoms with Crippen molar-refractivity contribution in [2.75, 3.05) is 24.6 Å². The standard InChI is InChI=1S/C12H21N3S/c13-11(15-5-7-16-8-6-15)14-10-9-12(10)3-1-2-4-12/h10H,1-9H2,(H2,13,14). The lowest BCUT2D eigenvalue weighted by Crippen LogP contribution is -2.43. The molecule has 1 unspecified atom stereocenters. The Hall–Kier alpha value is -0.380. The van der Waals surface area contributed by atoms with Crippen LogP contribution in [0.3, 0.4) is 0 Å². The first kappa shape index (κ1) is 10.8. The molecule has 2 saturated carbocycles. The molecule has 1 atom stereocenters. The molecule has 90 valence electrons. The third-order valence-corrected chi connectivity index (χ3v) is 5.31. The van der Waals surface area contributed by atoms with Crippen LogP contribution in [0.15, 0.2) is 4.99 Å². The van der Waals surface area contributed by atoms with Crippen LogP contribution in [0.25, 0.3) is 0 Å². The van der Waals surface area contributed by atoms with Crippen molar-refractivity contribution in [1.82, 2.24) is 4.90 Å². The molecule has 0 aromatic rings. The Balaban J connectivity index is 1.60. The number of nitrogens with zero attached hydrogens (tertiary/aromatic N) is 2.